The highest BCUT2D eigenvalue weighted by molar-refractivity contribution is 6.04. The lowest BCUT2D eigenvalue weighted by Crippen LogP contribution is -2.42. The van der Waals surface area contributed by atoms with Crippen LogP contribution in [0.3, 0.4) is 0 Å². The Morgan fingerprint density at radius 3 is 2.27 bits per heavy atom. The van der Waals surface area contributed by atoms with E-state index in [-0.39, 0.29) is 44.3 Å². The fourth-order valence-electron chi connectivity index (χ4n) is 4.68. The Kier molecular flexibility index (Phi) is 8.16. The van der Waals surface area contributed by atoms with Gasteiger partial charge in [0.25, 0.3) is 11.8 Å². The topological polar surface area (TPSA) is 99.1 Å². The van der Waals surface area contributed by atoms with Crippen molar-refractivity contribution >= 4 is 17.5 Å². The first-order valence-electron chi connectivity index (χ1n) is 12.9. The molecule has 0 aliphatic carbocycles. The Hall–Kier alpha value is -4.57. The summed E-state index contributed by atoms with van der Waals surface area (Å²) in [6.07, 6.45) is 0.488. The van der Waals surface area contributed by atoms with E-state index in [2.05, 4.69) is 0 Å². The second-order valence-electron chi connectivity index (χ2n) is 9.29. The summed E-state index contributed by atoms with van der Waals surface area (Å²) < 4.78 is 26.8. The number of ether oxygens (including phenoxy) is 5. The van der Waals surface area contributed by atoms with Gasteiger partial charge in [-0.15, -0.1) is 0 Å². The van der Waals surface area contributed by atoms with E-state index in [1.807, 2.05) is 42.5 Å². The van der Waals surface area contributed by atoms with Gasteiger partial charge in [-0.1, -0.05) is 6.07 Å². The maximum absolute atomic E-state index is 13.8. The van der Waals surface area contributed by atoms with Gasteiger partial charge in [0.2, 0.25) is 6.79 Å². The molecule has 0 spiro atoms. The predicted octanol–water partition coefficient (Wildman–Crippen LogP) is 3.90. The molecular formula is C30H31N3O7. The van der Waals surface area contributed by atoms with Crippen molar-refractivity contribution in [2.45, 2.75) is 12.5 Å². The Morgan fingerprint density at radius 2 is 1.60 bits per heavy atom. The minimum atomic E-state index is -0.389. The fraction of sp³-hybridized carbons (Fsp3) is 0.300. The van der Waals surface area contributed by atoms with Gasteiger partial charge >= 0.3 is 0 Å². The van der Waals surface area contributed by atoms with Crippen LogP contribution in [0, 0.1) is 0 Å². The Bertz CT molecular complexity index is 1390. The zero-order valence-corrected chi connectivity index (χ0v) is 22.7. The molecule has 208 valence electrons. The van der Waals surface area contributed by atoms with Crippen molar-refractivity contribution in [2.75, 3.05) is 47.8 Å². The number of hydrazone groups is 1. The number of methoxy groups -OCH3 is 3. The molecule has 0 aromatic heterocycles. The van der Waals surface area contributed by atoms with E-state index in [0.717, 1.165) is 22.6 Å². The molecule has 10 nitrogen and oxygen atoms in total. The average molecular weight is 546 g/mol. The monoisotopic (exact) mass is 545 g/mol. The molecule has 0 unspecified atom stereocenters. The molecule has 2 amide bonds. The normalized spacial score (nSPS) is 15.5. The molecule has 0 saturated carbocycles. The van der Waals surface area contributed by atoms with Gasteiger partial charge in [-0.3, -0.25) is 9.59 Å². The van der Waals surface area contributed by atoms with Gasteiger partial charge in [-0.25, -0.2) is 5.01 Å². The van der Waals surface area contributed by atoms with Crippen LogP contribution in [0.25, 0.3) is 0 Å². The third-order valence-corrected chi connectivity index (χ3v) is 6.89. The van der Waals surface area contributed by atoms with Gasteiger partial charge < -0.3 is 28.6 Å². The number of carbonyl (C=O) groups excluding carboxylic acids is 2. The summed E-state index contributed by atoms with van der Waals surface area (Å²) >= 11 is 0. The first-order valence-corrected chi connectivity index (χ1v) is 12.9. The molecule has 1 atom stereocenters. The minimum absolute atomic E-state index is 0.154. The van der Waals surface area contributed by atoms with Crippen LogP contribution in [0.5, 0.6) is 23.0 Å². The second kappa shape index (κ2) is 12.1. The van der Waals surface area contributed by atoms with E-state index < -0.39 is 0 Å². The molecule has 0 radical (unpaired) electrons. The van der Waals surface area contributed by atoms with Crippen LogP contribution in [0.1, 0.15) is 33.9 Å². The van der Waals surface area contributed by atoms with Crippen LogP contribution >= 0.6 is 0 Å². The lowest BCUT2D eigenvalue weighted by atomic mass is 9.98. The quantitative estimate of drug-likeness (QED) is 0.381. The molecule has 0 N–H and O–H groups in total. The summed E-state index contributed by atoms with van der Waals surface area (Å²) in [7, 11) is 4.73. The number of benzene rings is 3. The van der Waals surface area contributed by atoms with Crippen LogP contribution in [-0.2, 0) is 9.53 Å². The third-order valence-electron chi connectivity index (χ3n) is 6.89. The van der Waals surface area contributed by atoms with Crippen LogP contribution < -0.4 is 18.9 Å². The standard InChI is InChI=1S/C30H31N3O7/c1-36-15-14-32(30(35)21-6-11-24(38-3)12-7-21)18-29(34)33-26(22-8-13-27-28(16-22)40-19-39-27)17-25(31-33)20-4-9-23(37-2)10-5-20/h4-13,16,26H,14-15,17-19H2,1-3H3/t26-/m1/s1. The van der Waals surface area contributed by atoms with Crippen molar-refractivity contribution in [3.8, 4) is 23.0 Å². The lowest BCUT2D eigenvalue weighted by Gasteiger charge is -2.27. The fourth-order valence-corrected chi connectivity index (χ4v) is 4.68. The molecule has 3 aromatic carbocycles. The largest absolute Gasteiger partial charge is 0.497 e. The van der Waals surface area contributed by atoms with Crippen LogP contribution in [0.2, 0.25) is 0 Å². The molecule has 40 heavy (non-hydrogen) atoms. The molecule has 2 aliphatic heterocycles. The summed E-state index contributed by atoms with van der Waals surface area (Å²) in [5.41, 5.74) is 2.94. The van der Waals surface area contributed by atoms with Crippen LogP contribution in [0.15, 0.2) is 71.8 Å². The molecule has 0 saturated heterocycles. The Labute approximate surface area is 232 Å². The van der Waals surface area contributed by atoms with E-state index in [1.165, 1.54) is 9.91 Å². The van der Waals surface area contributed by atoms with E-state index >= 15 is 0 Å². The third kappa shape index (κ3) is 5.72. The zero-order chi connectivity index (χ0) is 28.1. The van der Waals surface area contributed by atoms with E-state index in [1.54, 1.807) is 45.6 Å². The molecule has 2 aliphatic rings. The lowest BCUT2D eigenvalue weighted by molar-refractivity contribution is -0.133. The molecule has 10 heteroatoms. The van der Waals surface area contributed by atoms with Crippen molar-refractivity contribution in [3.05, 3.63) is 83.4 Å². The number of carbonyl (C=O) groups is 2. The van der Waals surface area contributed by atoms with Gasteiger partial charge in [-0.2, -0.15) is 5.10 Å². The van der Waals surface area contributed by atoms with Gasteiger partial charge in [0, 0.05) is 25.6 Å². The highest BCUT2D eigenvalue weighted by Crippen LogP contribution is 2.39. The van der Waals surface area contributed by atoms with Crippen molar-refractivity contribution in [3.63, 3.8) is 0 Å². The molecule has 0 bridgehead atoms. The first kappa shape index (κ1) is 27.0. The van der Waals surface area contributed by atoms with Gasteiger partial charge in [0.1, 0.15) is 18.0 Å². The van der Waals surface area contributed by atoms with Crippen molar-refractivity contribution < 1.29 is 33.3 Å². The summed E-state index contributed by atoms with van der Waals surface area (Å²) in [4.78, 5) is 28.7. The van der Waals surface area contributed by atoms with Crippen LogP contribution in [-0.4, -0.2) is 75.3 Å². The van der Waals surface area contributed by atoms with Gasteiger partial charge in [0.15, 0.2) is 11.5 Å². The molecule has 3 aromatic rings. The van der Waals surface area contributed by atoms with Crippen molar-refractivity contribution in [1.82, 2.24) is 9.91 Å². The maximum atomic E-state index is 13.8. The summed E-state index contributed by atoms with van der Waals surface area (Å²) in [6.45, 7) is 0.502. The van der Waals surface area contributed by atoms with Gasteiger partial charge in [0.05, 0.1) is 32.6 Å². The second-order valence-corrected chi connectivity index (χ2v) is 9.29. The minimum Gasteiger partial charge on any atom is -0.497 e. The van der Waals surface area contributed by atoms with E-state index in [9.17, 15) is 9.59 Å². The number of fused-ring (bicyclic) bond motifs is 1. The van der Waals surface area contributed by atoms with Crippen molar-refractivity contribution in [2.24, 2.45) is 5.10 Å². The zero-order valence-electron chi connectivity index (χ0n) is 22.7. The first-order chi connectivity index (χ1) is 19.5. The maximum Gasteiger partial charge on any atom is 0.262 e. The number of hydrogen-bond acceptors (Lipinski definition) is 8. The van der Waals surface area contributed by atoms with E-state index in [0.29, 0.717) is 29.2 Å². The predicted molar refractivity (Wildman–Crippen MR) is 147 cm³/mol. The van der Waals surface area contributed by atoms with Gasteiger partial charge in [-0.05, 0) is 71.8 Å². The number of nitrogens with zero attached hydrogens (tertiary/aromatic N) is 3. The SMILES string of the molecule is COCCN(CC(=O)N1N=C(c2ccc(OC)cc2)C[C@@H]1c1ccc2c(c1)OCO2)C(=O)c1ccc(OC)cc1. The molecule has 0 fully saturated rings. The Balaban J connectivity index is 1.43. The van der Waals surface area contributed by atoms with Crippen LogP contribution in [0.4, 0.5) is 0 Å². The molecular weight excluding hydrogens is 514 g/mol. The number of rotatable bonds is 10. The van der Waals surface area contributed by atoms with Crippen molar-refractivity contribution in [1.29, 1.82) is 0 Å². The van der Waals surface area contributed by atoms with E-state index in [4.69, 9.17) is 28.8 Å². The molecule has 2 heterocycles. The summed E-state index contributed by atoms with van der Waals surface area (Å²) in [5.74, 6) is 2.05. The number of hydrogen-bond donors (Lipinski definition) is 0. The highest BCUT2D eigenvalue weighted by atomic mass is 16.7. The average Bonchev–Trinajstić information content (AvgIpc) is 3.66. The summed E-state index contributed by atoms with van der Waals surface area (Å²) in [6, 6.07) is 19.6. The highest BCUT2D eigenvalue weighted by Gasteiger charge is 2.35. The smallest absolute Gasteiger partial charge is 0.262 e. The summed E-state index contributed by atoms with van der Waals surface area (Å²) in [5, 5.41) is 6.23. The molecule has 5 rings (SSSR count). The number of amides is 2. The Morgan fingerprint density at radius 1 is 0.925 bits per heavy atom.